The van der Waals surface area contributed by atoms with Crippen LogP contribution in [0, 0.1) is 11.8 Å². The summed E-state index contributed by atoms with van der Waals surface area (Å²) in [7, 11) is 0. The molecule has 2 rings (SSSR count). The van der Waals surface area contributed by atoms with Crippen LogP contribution in [0.1, 0.15) is 32.6 Å². The maximum absolute atomic E-state index is 14.0. The Kier molecular flexibility index (Phi) is 2.11. The minimum Gasteiger partial charge on any atom is -0.316 e. The van der Waals surface area contributed by atoms with Gasteiger partial charge in [0.2, 0.25) is 0 Å². The van der Waals surface area contributed by atoms with Gasteiger partial charge in [-0.15, -0.1) is 0 Å². The minimum absolute atomic E-state index is 0.640. The minimum atomic E-state index is -0.799. The molecule has 2 atom stereocenters. The van der Waals surface area contributed by atoms with Gasteiger partial charge in [0, 0.05) is 0 Å². The number of hydrogen-bond acceptors (Lipinski definition) is 1. The third-order valence-corrected chi connectivity index (χ3v) is 3.43. The monoisotopic (exact) mass is 171 g/mol. The third-order valence-electron chi connectivity index (χ3n) is 3.43. The van der Waals surface area contributed by atoms with Crippen LogP contribution >= 0.6 is 0 Å². The molecule has 0 amide bonds. The highest BCUT2D eigenvalue weighted by Gasteiger charge is 2.46. The van der Waals surface area contributed by atoms with E-state index in [1.807, 2.05) is 0 Å². The summed E-state index contributed by atoms with van der Waals surface area (Å²) in [6.07, 6.45) is 3.40. The van der Waals surface area contributed by atoms with Crippen molar-refractivity contribution in [2.45, 2.75) is 38.3 Å². The number of fused-ring (bicyclic) bond motifs is 1. The van der Waals surface area contributed by atoms with Crippen LogP contribution < -0.4 is 5.32 Å². The van der Waals surface area contributed by atoms with Crippen molar-refractivity contribution in [1.82, 2.24) is 5.32 Å². The number of nitrogens with one attached hydrogen (secondary N) is 1. The fourth-order valence-electron chi connectivity index (χ4n) is 2.94. The van der Waals surface area contributed by atoms with E-state index in [1.165, 1.54) is 0 Å². The van der Waals surface area contributed by atoms with E-state index in [-0.39, 0.29) is 0 Å². The molecule has 0 spiro atoms. The van der Waals surface area contributed by atoms with Gasteiger partial charge < -0.3 is 5.32 Å². The number of alkyl halides is 1. The summed E-state index contributed by atoms with van der Waals surface area (Å²) in [5.41, 5.74) is -0.799. The second kappa shape index (κ2) is 2.99. The smallest absolute Gasteiger partial charge is 0.111 e. The average Bonchev–Trinajstić information content (AvgIpc) is 2.45. The van der Waals surface area contributed by atoms with E-state index in [4.69, 9.17) is 0 Å². The van der Waals surface area contributed by atoms with Gasteiger partial charge >= 0.3 is 0 Å². The first kappa shape index (κ1) is 8.49. The lowest BCUT2D eigenvalue weighted by Gasteiger charge is -2.19. The van der Waals surface area contributed by atoms with Crippen molar-refractivity contribution in [2.24, 2.45) is 11.8 Å². The molecule has 0 bridgehead atoms. The molecule has 1 nitrogen and oxygen atoms in total. The molecule has 0 aromatic carbocycles. The lowest BCUT2D eigenvalue weighted by atomic mass is 9.96. The maximum atomic E-state index is 14.0. The molecule has 1 aliphatic carbocycles. The first-order valence-corrected chi connectivity index (χ1v) is 5.13. The van der Waals surface area contributed by atoms with E-state index in [9.17, 15) is 4.39 Å². The molecule has 1 saturated heterocycles. The Labute approximate surface area is 73.7 Å². The molecule has 1 heterocycles. The zero-order valence-electron chi connectivity index (χ0n) is 7.78. The molecular formula is C10H18FN. The fourth-order valence-corrected chi connectivity index (χ4v) is 2.94. The highest BCUT2D eigenvalue weighted by Crippen LogP contribution is 2.45. The molecule has 2 heteroatoms. The topological polar surface area (TPSA) is 12.0 Å². The van der Waals surface area contributed by atoms with Crippen LogP contribution in [0.15, 0.2) is 0 Å². The van der Waals surface area contributed by atoms with Crippen molar-refractivity contribution < 1.29 is 4.39 Å². The molecule has 0 radical (unpaired) electrons. The SMILES string of the molecule is CCCC1(F)CC2CNCC2C1. The molecular weight excluding hydrogens is 153 g/mol. The van der Waals surface area contributed by atoms with Crippen LogP contribution in [0.2, 0.25) is 0 Å². The average molecular weight is 171 g/mol. The summed E-state index contributed by atoms with van der Waals surface area (Å²) in [6.45, 7) is 4.19. The zero-order valence-corrected chi connectivity index (χ0v) is 7.78. The largest absolute Gasteiger partial charge is 0.316 e. The third kappa shape index (κ3) is 1.37. The molecule has 2 unspecified atom stereocenters. The first-order valence-electron chi connectivity index (χ1n) is 5.13. The maximum Gasteiger partial charge on any atom is 0.111 e. The molecule has 1 saturated carbocycles. The highest BCUT2D eigenvalue weighted by atomic mass is 19.1. The van der Waals surface area contributed by atoms with Crippen molar-refractivity contribution in [1.29, 1.82) is 0 Å². The standard InChI is InChI=1S/C10H18FN/c1-2-3-10(11)4-8-6-12-7-9(8)5-10/h8-9,12H,2-7H2,1H3. The van der Waals surface area contributed by atoms with Gasteiger partial charge in [-0.3, -0.25) is 0 Å². The van der Waals surface area contributed by atoms with Gasteiger partial charge in [0.05, 0.1) is 0 Å². The van der Waals surface area contributed by atoms with E-state index in [0.717, 1.165) is 38.8 Å². The Balaban J connectivity index is 1.97. The summed E-state index contributed by atoms with van der Waals surface area (Å²) in [5.74, 6) is 1.28. The predicted molar refractivity (Wildman–Crippen MR) is 47.8 cm³/mol. The Morgan fingerprint density at radius 3 is 2.42 bits per heavy atom. The Bertz CT molecular complexity index is 157. The lowest BCUT2D eigenvalue weighted by Crippen LogP contribution is -2.22. The summed E-state index contributed by atoms with van der Waals surface area (Å²) in [6, 6.07) is 0. The van der Waals surface area contributed by atoms with Gasteiger partial charge in [-0.2, -0.15) is 0 Å². The second-order valence-corrected chi connectivity index (χ2v) is 4.49. The van der Waals surface area contributed by atoms with Gasteiger partial charge in [0.25, 0.3) is 0 Å². The van der Waals surface area contributed by atoms with Gasteiger partial charge in [0.1, 0.15) is 5.67 Å². The fraction of sp³-hybridized carbons (Fsp3) is 1.00. The quantitative estimate of drug-likeness (QED) is 0.671. The molecule has 0 aromatic heterocycles. The molecule has 2 fully saturated rings. The van der Waals surface area contributed by atoms with Crippen molar-refractivity contribution in [3.05, 3.63) is 0 Å². The van der Waals surface area contributed by atoms with E-state index in [1.54, 1.807) is 0 Å². The van der Waals surface area contributed by atoms with Crippen molar-refractivity contribution in [3.8, 4) is 0 Å². The summed E-state index contributed by atoms with van der Waals surface area (Å²) < 4.78 is 14.0. The van der Waals surface area contributed by atoms with Gasteiger partial charge in [-0.1, -0.05) is 13.3 Å². The molecule has 0 aromatic rings. The Morgan fingerprint density at radius 2 is 1.92 bits per heavy atom. The molecule has 2 aliphatic rings. The Morgan fingerprint density at radius 1 is 1.33 bits per heavy atom. The first-order chi connectivity index (χ1) is 5.73. The number of hydrogen-bond donors (Lipinski definition) is 1. The molecule has 1 N–H and O–H groups in total. The van der Waals surface area contributed by atoms with E-state index in [0.29, 0.717) is 11.8 Å². The van der Waals surface area contributed by atoms with E-state index >= 15 is 0 Å². The summed E-state index contributed by atoms with van der Waals surface area (Å²) in [4.78, 5) is 0. The molecule has 70 valence electrons. The van der Waals surface area contributed by atoms with Crippen LogP contribution in [0.5, 0.6) is 0 Å². The number of rotatable bonds is 2. The van der Waals surface area contributed by atoms with Gasteiger partial charge in [-0.05, 0) is 44.2 Å². The van der Waals surface area contributed by atoms with Crippen molar-refractivity contribution >= 4 is 0 Å². The molecule has 12 heavy (non-hydrogen) atoms. The number of halogens is 1. The Hall–Kier alpha value is -0.110. The van der Waals surface area contributed by atoms with Crippen LogP contribution in [0.4, 0.5) is 4.39 Å². The highest BCUT2D eigenvalue weighted by molar-refractivity contribution is 4.98. The van der Waals surface area contributed by atoms with Gasteiger partial charge in [0.15, 0.2) is 0 Å². The normalized spacial score (nSPS) is 46.5. The van der Waals surface area contributed by atoms with Crippen LogP contribution in [-0.4, -0.2) is 18.8 Å². The zero-order chi connectivity index (χ0) is 8.60. The van der Waals surface area contributed by atoms with Crippen LogP contribution in [0.25, 0.3) is 0 Å². The van der Waals surface area contributed by atoms with Crippen LogP contribution in [0.3, 0.4) is 0 Å². The van der Waals surface area contributed by atoms with Gasteiger partial charge in [-0.25, -0.2) is 4.39 Å². The second-order valence-electron chi connectivity index (χ2n) is 4.49. The summed E-state index contributed by atoms with van der Waals surface area (Å²) in [5, 5.41) is 3.34. The molecule has 1 aliphatic heterocycles. The van der Waals surface area contributed by atoms with Crippen LogP contribution in [-0.2, 0) is 0 Å². The van der Waals surface area contributed by atoms with E-state index < -0.39 is 5.67 Å². The van der Waals surface area contributed by atoms with Crippen molar-refractivity contribution in [2.75, 3.05) is 13.1 Å². The lowest BCUT2D eigenvalue weighted by molar-refractivity contribution is 0.145. The van der Waals surface area contributed by atoms with Crippen molar-refractivity contribution in [3.63, 3.8) is 0 Å². The predicted octanol–water partition coefficient (Wildman–Crippen LogP) is 2.12. The summed E-state index contributed by atoms with van der Waals surface area (Å²) >= 11 is 0. The van der Waals surface area contributed by atoms with E-state index in [2.05, 4.69) is 12.2 Å².